The van der Waals surface area contributed by atoms with Crippen LogP contribution in [0.4, 0.5) is 16.2 Å². The topological polar surface area (TPSA) is 96.3 Å². The van der Waals surface area contributed by atoms with Gasteiger partial charge in [-0.1, -0.05) is 12.1 Å². The number of amides is 1. The number of carbonyl (C=O) groups is 1. The molecular weight excluding hydrogens is 454 g/mol. The summed E-state index contributed by atoms with van der Waals surface area (Å²) in [5, 5.41) is 8.04. The number of hydrogen-bond acceptors (Lipinski definition) is 5. The third kappa shape index (κ3) is 5.03. The standard InChI is InChI=1S/C28H33N5O3/c1-19(2)36-28(34)31-21-10-8-20(9-11-21)27-26(29)24-13-12-23(18-25(24)33(27)22-6-3-7-22)35-17-5-16-32-15-4-14-30-32/h4,8-15,18-19,22H,3,5-7,16-17,29H2,1-2H3,(H,31,34). The fraction of sp³-hybridized carbons (Fsp3) is 0.357. The van der Waals surface area contributed by atoms with Gasteiger partial charge in [-0.25, -0.2) is 4.79 Å². The first-order valence-corrected chi connectivity index (χ1v) is 12.6. The van der Waals surface area contributed by atoms with Crippen molar-refractivity contribution >= 4 is 28.4 Å². The Kier molecular flexibility index (Phi) is 6.84. The third-order valence-electron chi connectivity index (χ3n) is 6.56. The van der Waals surface area contributed by atoms with E-state index in [1.165, 1.54) is 6.42 Å². The lowest BCUT2D eigenvalue weighted by atomic mass is 9.92. The van der Waals surface area contributed by atoms with E-state index < -0.39 is 6.09 Å². The van der Waals surface area contributed by atoms with Crippen molar-refractivity contribution in [3.63, 3.8) is 0 Å². The Morgan fingerprint density at radius 1 is 1.19 bits per heavy atom. The maximum Gasteiger partial charge on any atom is 0.411 e. The minimum atomic E-state index is -0.460. The van der Waals surface area contributed by atoms with Gasteiger partial charge >= 0.3 is 6.09 Å². The zero-order valence-electron chi connectivity index (χ0n) is 20.8. The second-order valence-corrected chi connectivity index (χ2v) is 9.52. The van der Waals surface area contributed by atoms with Crippen LogP contribution in [0.2, 0.25) is 0 Å². The van der Waals surface area contributed by atoms with Crippen LogP contribution in [0.1, 0.15) is 45.6 Å². The Bertz CT molecular complexity index is 1320. The quantitative estimate of drug-likeness (QED) is 0.273. The van der Waals surface area contributed by atoms with Gasteiger partial charge < -0.3 is 19.8 Å². The minimum Gasteiger partial charge on any atom is -0.493 e. The molecule has 1 aliphatic carbocycles. The smallest absolute Gasteiger partial charge is 0.411 e. The van der Waals surface area contributed by atoms with E-state index in [4.69, 9.17) is 15.2 Å². The molecule has 0 radical (unpaired) electrons. The molecule has 0 saturated heterocycles. The van der Waals surface area contributed by atoms with E-state index in [0.717, 1.165) is 59.4 Å². The number of hydrogen-bond donors (Lipinski definition) is 2. The molecule has 0 bridgehead atoms. The lowest BCUT2D eigenvalue weighted by molar-refractivity contribution is 0.130. The molecule has 0 unspecified atom stereocenters. The normalized spacial score (nSPS) is 13.6. The molecule has 1 fully saturated rings. The number of benzene rings is 2. The van der Waals surface area contributed by atoms with Crippen molar-refractivity contribution in [3.8, 4) is 17.0 Å². The van der Waals surface area contributed by atoms with Crippen LogP contribution in [0.5, 0.6) is 5.75 Å². The molecule has 5 rings (SSSR count). The molecule has 1 aliphatic rings. The van der Waals surface area contributed by atoms with Gasteiger partial charge in [0.25, 0.3) is 0 Å². The van der Waals surface area contributed by atoms with Crippen molar-refractivity contribution in [2.75, 3.05) is 17.7 Å². The summed E-state index contributed by atoms with van der Waals surface area (Å²) in [7, 11) is 0. The Morgan fingerprint density at radius 2 is 2.00 bits per heavy atom. The Labute approximate surface area is 211 Å². The lowest BCUT2D eigenvalue weighted by Gasteiger charge is -2.30. The summed E-state index contributed by atoms with van der Waals surface area (Å²) in [5.41, 5.74) is 11.3. The summed E-state index contributed by atoms with van der Waals surface area (Å²) in [5.74, 6) is 0.843. The zero-order chi connectivity index (χ0) is 25.1. The molecule has 2 aromatic heterocycles. The summed E-state index contributed by atoms with van der Waals surface area (Å²) >= 11 is 0. The van der Waals surface area contributed by atoms with Crippen molar-refractivity contribution in [2.24, 2.45) is 0 Å². The number of nitrogens with two attached hydrogens (primary N) is 1. The minimum absolute atomic E-state index is 0.174. The highest BCUT2D eigenvalue weighted by molar-refractivity contribution is 6.01. The summed E-state index contributed by atoms with van der Waals surface area (Å²) in [6.45, 7) is 5.08. The van der Waals surface area contributed by atoms with Gasteiger partial charge in [-0.2, -0.15) is 5.10 Å². The third-order valence-corrected chi connectivity index (χ3v) is 6.56. The number of aryl methyl sites for hydroxylation is 1. The van der Waals surface area contributed by atoms with Crippen LogP contribution in [0.15, 0.2) is 60.9 Å². The van der Waals surface area contributed by atoms with Crippen LogP contribution in [-0.4, -0.2) is 33.2 Å². The number of ether oxygens (including phenoxy) is 2. The molecule has 8 heteroatoms. The molecule has 0 atom stereocenters. The van der Waals surface area contributed by atoms with E-state index in [1.807, 2.05) is 61.1 Å². The Morgan fingerprint density at radius 3 is 2.67 bits per heavy atom. The zero-order valence-corrected chi connectivity index (χ0v) is 20.8. The van der Waals surface area contributed by atoms with E-state index in [0.29, 0.717) is 18.3 Å². The molecule has 4 aromatic rings. The molecule has 36 heavy (non-hydrogen) atoms. The van der Waals surface area contributed by atoms with Crippen molar-refractivity contribution in [1.29, 1.82) is 0 Å². The Hall–Kier alpha value is -3.94. The van der Waals surface area contributed by atoms with Crippen LogP contribution in [0.25, 0.3) is 22.2 Å². The Balaban J connectivity index is 1.39. The summed E-state index contributed by atoms with van der Waals surface area (Å²) in [6.07, 6.45) is 7.47. The van der Waals surface area contributed by atoms with E-state index in [9.17, 15) is 4.79 Å². The molecule has 0 spiro atoms. The first kappa shape index (κ1) is 23.8. The summed E-state index contributed by atoms with van der Waals surface area (Å²) in [6, 6.07) is 16.3. The number of nitrogen functional groups attached to an aromatic ring is 1. The summed E-state index contributed by atoms with van der Waals surface area (Å²) in [4.78, 5) is 12.0. The van der Waals surface area contributed by atoms with Gasteiger partial charge in [0.05, 0.1) is 29.6 Å². The molecular formula is C28H33N5O3. The molecule has 188 valence electrons. The van der Waals surface area contributed by atoms with Gasteiger partial charge in [0.1, 0.15) is 5.75 Å². The van der Waals surface area contributed by atoms with Gasteiger partial charge in [-0.05, 0) is 63.4 Å². The van der Waals surface area contributed by atoms with Gasteiger partial charge in [0, 0.05) is 54.1 Å². The highest BCUT2D eigenvalue weighted by atomic mass is 16.6. The second-order valence-electron chi connectivity index (χ2n) is 9.52. The average molecular weight is 488 g/mol. The SMILES string of the molecule is CC(C)OC(=O)Nc1ccc(-c2c(N)c3ccc(OCCCn4cccn4)cc3n2C2CCC2)cc1. The van der Waals surface area contributed by atoms with Gasteiger partial charge in [-0.15, -0.1) is 0 Å². The number of fused-ring (bicyclic) bond motifs is 1. The molecule has 1 amide bonds. The second kappa shape index (κ2) is 10.4. The number of nitrogens with one attached hydrogen (secondary N) is 1. The van der Waals surface area contributed by atoms with Crippen molar-refractivity contribution < 1.29 is 14.3 Å². The van der Waals surface area contributed by atoms with E-state index in [2.05, 4.69) is 27.1 Å². The van der Waals surface area contributed by atoms with Crippen LogP contribution < -0.4 is 15.8 Å². The van der Waals surface area contributed by atoms with Gasteiger partial charge in [-0.3, -0.25) is 10.00 Å². The highest BCUT2D eigenvalue weighted by Gasteiger charge is 2.27. The lowest BCUT2D eigenvalue weighted by Crippen LogP contribution is -2.18. The van der Waals surface area contributed by atoms with Crippen LogP contribution >= 0.6 is 0 Å². The van der Waals surface area contributed by atoms with Crippen LogP contribution in [0, 0.1) is 0 Å². The maximum absolute atomic E-state index is 12.0. The van der Waals surface area contributed by atoms with Crippen molar-refractivity contribution in [2.45, 2.75) is 58.2 Å². The number of carbonyl (C=O) groups excluding carboxylic acids is 1. The van der Waals surface area contributed by atoms with Crippen LogP contribution in [-0.2, 0) is 11.3 Å². The predicted molar refractivity (Wildman–Crippen MR) is 142 cm³/mol. The van der Waals surface area contributed by atoms with Crippen LogP contribution in [0.3, 0.4) is 0 Å². The largest absolute Gasteiger partial charge is 0.493 e. The molecule has 2 heterocycles. The fourth-order valence-corrected chi connectivity index (χ4v) is 4.65. The predicted octanol–water partition coefficient (Wildman–Crippen LogP) is 6.24. The number of aromatic nitrogens is 3. The number of rotatable bonds is 9. The summed E-state index contributed by atoms with van der Waals surface area (Å²) < 4.78 is 15.5. The molecule has 1 saturated carbocycles. The average Bonchev–Trinajstić information content (AvgIpc) is 3.43. The number of nitrogens with zero attached hydrogens (tertiary/aromatic N) is 3. The number of anilines is 2. The van der Waals surface area contributed by atoms with Gasteiger partial charge in [0.2, 0.25) is 0 Å². The first-order valence-electron chi connectivity index (χ1n) is 12.6. The highest BCUT2D eigenvalue weighted by Crippen LogP contribution is 2.44. The first-order chi connectivity index (χ1) is 17.5. The van der Waals surface area contributed by atoms with Crippen molar-refractivity contribution in [1.82, 2.24) is 14.3 Å². The molecule has 2 aromatic carbocycles. The van der Waals surface area contributed by atoms with Crippen molar-refractivity contribution in [3.05, 3.63) is 60.9 Å². The monoisotopic (exact) mass is 487 g/mol. The van der Waals surface area contributed by atoms with E-state index in [1.54, 1.807) is 6.20 Å². The van der Waals surface area contributed by atoms with E-state index in [-0.39, 0.29) is 6.10 Å². The molecule has 3 N–H and O–H groups in total. The molecule has 8 nitrogen and oxygen atoms in total. The maximum atomic E-state index is 12.0. The molecule has 0 aliphatic heterocycles. The van der Waals surface area contributed by atoms with E-state index >= 15 is 0 Å². The van der Waals surface area contributed by atoms with Gasteiger partial charge in [0.15, 0.2) is 0 Å². The fourth-order valence-electron chi connectivity index (χ4n) is 4.65.